The predicted octanol–water partition coefficient (Wildman–Crippen LogP) is 9.78. The highest BCUT2D eigenvalue weighted by atomic mass is 16.4. The fourth-order valence-corrected chi connectivity index (χ4v) is 4.48. The molecule has 1 N–H and O–H groups in total. The van der Waals surface area contributed by atoms with E-state index >= 15 is 0 Å². The molecule has 0 rings (SSSR count). The van der Waals surface area contributed by atoms with Gasteiger partial charge in [-0.3, -0.25) is 4.79 Å². The van der Waals surface area contributed by atoms with Crippen molar-refractivity contribution in [3.05, 3.63) is 0 Å². The van der Waals surface area contributed by atoms with Crippen molar-refractivity contribution in [3.8, 4) is 0 Å². The predicted molar refractivity (Wildman–Crippen MR) is 148 cm³/mol. The second kappa shape index (κ2) is 27.7. The summed E-state index contributed by atoms with van der Waals surface area (Å²) < 4.78 is 1.36. The minimum absolute atomic E-state index is 0.316. The fraction of sp³-hybridized carbons (Fsp3) is 0.967. The molecule has 0 unspecified atom stereocenters. The average Bonchev–Trinajstić information content (AvgIpc) is 2.80. The molecular weight excluding hydrogens is 406 g/mol. The maximum Gasteiger partial charge on any atom is 0.303 e. The van der Waals surface area contributed by atoms with Crippen molar-refractivity contribution in [2.75, 3.05) is 26.7 Å². The highest BCUT2D eigenvalue weighted by molar-refractivity contribution is 5.66. The maximum atomic E-state index is 9.76. The van der Waals surface area contributed by atoms with Crippen molar-refractivity contribution < 1.29 is 14.4 Å². The molecule has 0 aromatic rings. The highest BCUT2D eigenvalue weighted by Crippen LogP contribution is 2.16. The van der Waals surface area contributed by atoms with E-state index in [4.69, 9.17) is 5.11 Å². The van der Waals surface area contributed by atoms with Crippen LogP contribution in [0.1, 0.15) is 163 Å². The third kappa shape index (κ3) is 29.4. The van der Waals surface area contributed by atoms with Crippen molar-refractivity contribution in [1.29, 1.82) is 0 Å². The van der Waals surface area contributed by atoms with E-state index in [0.29, 0.717) is 6.42 Å². The van der Waals surface area contributed by atoms with Crippen LogP contribution in [0.5, 0.6) is 0 Å². The Hall–Kier alpha value is -0.570. The Bertz CT molecular complexity index is 343. The summed E-state index contributed by atoms with van der Waals surface area (Å²) in [6.45, 7) is 13.2. The first-order chi connectivity index (χ1) is 16.0. The van der Waals surface area contributed by atoms with Gasteiger partial charge in [-0.2, -0.15) is 0 Å². The van der Waals surface area contributed by atoms with Gasteiger partial charge in [-0.1, -0.05) is 111 Å². The van der Waals surface area contributed by atoms with Gasteiger partial charge in [0.05, 0.1) is 26.7 Å². The molecule has 0 saturated heterocycles. The SMILES string of the molecule is CCCCC(=O)O.CCCCCCCC[N+](C)(CCCCCCCC)CCCCCCCC. The Balaban J connectivity index is 0. The van der Waals surface area contributed by atoms with E-state index in [9.17, 15) is 4.79 Å². The number of carboxylic acids is 1. The van der Waals surface area contributed by atoms with E-state index in [2.05, 4.69) is 27.8 Å². The molecule has 0 spiro atoms. The summed E-state index contributed by atoms with van der Waals surface area (Å²) in [4.78, 5) is 9.76. The molecule has 200 valence electrons. The number of rotatable bonds is 24. The quantitative estimate of drug-likeness (QED) is 0.112. The van der Waals surface area contributed by atoms with Crippen LogP contribution in [-0.4, -0.2) is 42.2 Å². The minimum Gasteiger partial charge on any atom is -0.481 e. The van der Waals surface area contributed by atoms with E-state index < -0.39 is 5.97 Å². The van der Waals surface area contributed by atoms with Crippen LogP contribution in [0.3, 0.4) is 0 Å². The normalized spacial score (nSPS) is 11.3. The first-order valence-corrected chi connectivity index (χ1v) is 15.0. The number of aliphatic carboxylic acids is 1. The zero-order valence-corrected chi connectivity index (χ0v) is 23.8. The van der Waals surface area contributed by atoms with Gasteiger partial charge in [-0.15, -0.1) is 0 Å². The maximum absolute atomic E-state index is 9.76. The lowest BCUT2D eigenvalue weighted by molar-refractivity contribution is -0.910. The van der Waals surface area contributed by atoms with Crippen LogP contribution in [-0.2, 0) is 4.79 Å². The molecule has 0 atom stereocenters. The van der Waals surface area contributed by atoms with Gasteiger partial charge in [-0.25, -0.2) is 0 Å². The number of carboxylic acid groups (broad SMARTS) is 1. The Labute approximate surface area is 209 Å². The number of nitrogens with zero attached hydrogens (tertiary/aromatic N) is 1. The van der Waals surface area contributed by atoms with Crippen molar-refractivity contribution in [1.82, 2.24) is 0 Å². The number of unbranched alkanes of at least 4 members (excludes halogenated alkanes) is 16. The first-order valence-electron chi connectivity index (χ1n) is 15.0. The lowest BCUT2D eigenvalue weighted by Crippen LogP contribution is -2.46. The molecule has 3 heteroatoms. The lowest BCUT2D eigenvalue weighted by Gasteiger charge is -2.35. The molecule has 0 saturated carbocycles. The summed E-state index contributed by atoms with van der Waals surface area (Å²) in [6, 6.07) is 0. The number of hydrogen-bond donors (Lipinski definition) is 1. The van der Waals surface area contributed by atoms with Gasteiger partial charge < -0.3 is 9.59 Å². The third-order valence-corrected chi connectivity index (χ3v) is 6.90. The van der Waals surface area contributed by atoms with Crippen LogP contribution < -0.4 is 0 Å². The van der Waals surface area contributed by atoms with Crippen LogP contribution in [0.25, 0.3) is 0 Å². The van der Waals surface area contributed by atoms with E-state index in [1.54, 1.807) is 0 Å². The van der Waals surface area contributed by atoms with Gasteiger partial charge in [-0.05, 0) is 44.9 Å². The molecule has 0 heterocycles. The summed E-state index contributed by atoms with van der Waals surface area (Å²) in [7, 11) is 2.56. The third-order valence-electron chi connectivity index (χ3n) is 6.90. The Kier molecular flexibility index (Phi) is 29.0. The minimum atomic E-state index is -0.693. The molecule has 0 bridgehead atoms. The number of carbonyl (C=O) groups is 1. The van der Waals surface area contributed by atoms with Crippen LogP contribution in [0.4, 0.5) is 0 Å². The largest absolute Gasteiger partial charge is 0.481 e. The molecule has 0 aliphatic rings. The lowest BCUT2D eigenvalue weighted by atomic mass is 10.1. The van der Waals surface area contributed by atoms with Gasteiger partial charge in [0.2, 0.25) is 0 Å². The Morgan fingerprint density at radius 1 is 0.485 bits per heavy atom. The Morgan fingerprint density at radius 3 is 1.00 bits per heavy atom. The van der Waals surface area contributed by atoms with E-state index in [0.717, 1.165) is 12.8 Å². The molecule has 3 nitrogen and oxygen atoms in total. The molecule has 33 heavy (non-hydrogen) atoms. The molecule has 0 aromatic heterocycles. The van der Waals surface area contributed by atoms with Crippen molar-refractivity contribution >= 4 is 5.97 Å². The summed E-state index contributed by atoms with van der Waals surface area (Å²) in [5, 5.41) is 8.04. The van der Waals surface area contributed by atoms with E-state index in [1.807, 2.05) is 6.92 Å². The molecule has 0 radical (unpaired) electrons. The number of quaternary nitrogens is 1. The summed E-state index contributed by atoms with van der Waals surface area (Å²) >= 11 is 0. The second-order valence-corrected chi connectivity index (χ2v) is 10.6. The van der Waals surface area contributed by atoms with Crippen LogP contribution in [0, 0.1) is 0 Å². The van der Waals surface area contributed by atoms with Crippen molar-refractivity contribution in [3.63, 3.8) is 0 Å². The smallest absolute Gasteiger partial charge is 0.303 e. The molecule has 0 fully saturated rings. The molecule has 0 aliphatic carbocycles. The standard InChI is InChI=1S/C25H54N.C5H10O2/c1-5-8-11-14-17-20-23-26(4,24-21-18-15-12-9-6-2)25-22-19-16-13-10-7-3;1-2-3-4-5(6)7/h5-25H2,1-4H3;2-4H2,1H3,(H,6,7)/q+1;. The van der Waals surface area contributed by atoms with Gasteiger partial charge in [0, 0.05) is 6.42 Å². The van der Waals surface area contributed by atoms with E-state index in [-0.39, 0.29) is 0 Å². The zero-order valence-electron chi connectivity index (χ0n) is 23.8. The average molecular weight is 471 g/mol. The van der Waals surface area contributed by atoms with Crippen LogP contribution >= 0.6 is 0 Å². The van der Waals surface area contributed by atoms with E-state index in [1.165, 1.54) is 140 Å². The van der Waals surface area contributed by atoms with Crippen molar-refractivity contribution in [2.24, 2.45) is 0 Å². The van der Waals surface area contributed by atoms with Crippen LogP contribution in [0.15, 0.2) is 0 Å². The summed E-state index contributed by atoms with van der Waals surface area (Å²) in [5.74, 6) is -0.693. The van der Waals surface area contributed by atoms with Gasteiger partial charge in [0.15, 0.2) is 0 Å². The highest BCUT2D eigenvalue weighted by Gasteiger charge is 2.20. The van der Waals surface area contributed by atoms with Crippen LogP contribution in [0.2, 0.25) is 0 Å². The first kappa shape index (κ1) is 34.6. The van der Waals surface area contributed by atoms with Gasteiger partial charge >= 0.3 is 5.97 Å². The van der Waals surface area contributed by atoms with Gasteiger partial charge in [0.1, 0.15) is 0 Å². The van der Waals surface area contributed by atoms with Gasteiger partial charge in [0.25, 0.3) is 0 Å². The van der Waals surface area contributed by atoms with Crippen molar-refractivity contribution in [2.45, 2.75) is 163 Å². The topological polar surface area (TPSA) is 37.3 Å². The fourth-order valence-electron chi connectivity index (χ4n) is 4.48. The summed E-state index contributed by atoms with van der Waals surface area (Å²) in [6.07, 6.45) is 27.9. The second-order valence-electron chi connectivity index (χ2n) is 10.6. The zero-order chi connectivity index (χ0) is 25.0. The monoisotopic (exact) mass is 470 g/mol. The molecule has 0 amide bonds. The number of hydrogen-bond acceptors (Lipinski definition) is 1. The molecule has 0 aromatic carbocycles. The molecule has 0 aliphatic heterocycles. The Morgan fingerprint density at radius 2 is 0.758 bits per heavy atom. The molecular formula is C30H64NO2+. The summed E-state index contributed by atoms with van der Waals surface area (Å²) in [5.41, 5.74) is 0.